The Morgan fingerprint density at radius 2 is 1.95 bits per heavy atom. The molecule has 0 saturated heterocycles. The van der Waals surface area contributed by atoms with Gasteiger partial charge in [0.15, 0.2) is 0 Å². The number of methoxy groups -OCH3 is 1. The van der Waals surface area contributed by atoms with Gasteiger partial charge in [0.05, 0.1) is 13.7 Å². The van der Waals surface area contributed by atoms with Crippen LogP contribution in [0.4, 0.5) is 0 Å². The third-order valence-electron chi connectivity index (χ3n) is 2.86. The largest absolute Gasteiger partial charge is 0.497 e. The van der Waals surface area contributed by atoms with Crippen LogP contribution in [0.5, 0.6) is 5.75 Å². The van der Waals surface area contributed by atoms with Crippen molar-refractivity contribution < 1.29 is 14.3 Å². The molecule has 4 heteroatoms. The smallest absolute Gasteiger partial charge is 0.323 e. The van der Waals surface area contributed by atoms with Crippen LogP contribution in [0.15, 0.2) is 24.3 Å². The van der Waals surface area contributed by atoms with Crippen molar-refractivity contribution in [1.29, 1.82) is 0 Å². The summed E-state index contributed by atoms with van der Waals surface area (Å²) in [5.74, 6) is 0.664. The Hall–Kier alpha value is -1.55. The summed E-state index contributed by atoms with van der Waals surface area (Å²) in [6.07, 6.45) is 1.73. The van der Waals surface area contributed by atoms with Gasteiger partial charge in [-0.05, 0) is 31.0 Å². The van der Waals surface area contributed by atoms with E-state index < -0.39 is 0 Å². The van der Waals surface area contributed by atoms with Crippen LogP contribution in [0.1, 0.15) is 32.3 Å². The molecule has 1 aromatic carbocycles. The Morgan fingerprint density at radius 1 is 1.26 bits per heavy atom. The number of nitrogens with one attached hydrogen (secondary N) is 1. The lowest BCUT2D eigenvalue weighted by atomic mass is 10.1. The third kappa shape index (κ3) is 5.30. The highest BCUT2D eigenvalue weighted by Gasteiger charge is 2.17. The predicted octanol–water partition coefficient (Wildman–Crippen LogP) is 2.52. The normalized spacial score (nSPS) is 11.9. The molecule has 0 saturated carbocycles. The topological polar surface area (TPSA) is 47.6 Å². The third-order valence-corrected chi connectivity index (χ3v) is 2.86. The predicted molar refractivity (Wildman–Crippen MR) is 75.2 cm³/mol. The van der Waals surface area contributed by atoms with E-state index in [1.54, 1.807) is 7.11 Å². The summed E-state index contributed by atoms with van der Waals surface area (Å²) in [6.45, 7) is 4.95. The van der Waals surface area contributed by atoms with Gasteiger partial charge in [0.1, 0.15) is 11.8 Å². The number of esters is 1. The highest BCUT2D eigenvalue weighted by atomic mass is 16.5. The molecule has 0 bridgehead atoms. The minimum atomic E-state index is -0.230. The fourth-order valence-electron chi connectivity index (χ4n) is 1.82. The van der Waals surface area contributed by atoms with Crippen LogP contribution in [0.2, 0.25) is 0 Å². The maximum atomic E-state index is 11.8. The number of hydrogen-bond donors (Lipinski definition) is 1. The Labute approximate surface area is 115 Å². The lowest BCUT2D eigenvalue weighted by Crippen LogP contribution is -2.37. The van der Waals surface area contributed by atoms with E-state index in [1.807, 2.05) is 31.2 Å². The minimum absolute atomic E-state index is 0.169. The molecule has 0 heterocycles. The summed E-state index contributed by atoms with van der Waals surface area (Å²) in [5.41, 5.74) is 1.12. The van der Waals surface area contributed by atoms with Gasteiger partial charge in [-0.1, -0.05) is 25.5 Å². The molecule has 4 nitrogen and oxygen atoms in total. The molecule has 0 aliphatic heterocycles. The molecule has 106 valence electrons. The summed E-state index contributed by atoms with van der Waals surface area (Å²) in [4.78, 5) is 11.8. The minimum Gasteiger partial charge on any atom is -0.497 e. The monoisotopic (exact) mass is 265 g/mol. The average Bonchev–Trinajstić information content (AvgIpc) is 2.44. The molecule has 1 rings (SSSR count). The zero-order valence-electron chi connectivity index (χ0n) is 11.9. The van der Waals surface area contributed by atoms with Crippen molar-refractivity contribution in [1.82, 2.24) is 5.32 Å². The zero-order valence-corrected chi connectivity index (χ0v) is 11.9. The second kappa shape index (κ2) is 8.53. The molecular weight excluding hydrogens is 242 g/mol. The van der Waals surface area contributed by atoms with Gasteiger partial charge in [-0.25, -0.2) is 0 Å². The summed E-state index contributed by atoms with van der Waals surface area (Å²) in [5, 5.41) is 3.24. The van der Waals surface area contributed by atoms with E-state index in [0.29, 0.717) is 13.2 Å². The van der Waals surface area contributed by atoms with E-state index in [1.165, 1.54) is 0 Å². The van der Waals surface area contributed by atoms with Gasteiger partial charge >= 0.3 is 5.97 Å². The summed E-state index contributed by atoms with van der Waals surface area (Å²) in [7, 11) is 1.64. The highest BCUT2D eigenvalue weighted by molar-refractivity contribution is 5.75. The highest BCUT2D eigenvalue weighted by Crippen LogP contribution is 2.11. The van der Waals surface area contributed by atoms with E-state index in [-0.39, 0.29) is 12.0 Å². The molecule has 0 radical (unpaired) electrons. The molecule has 0 aromatic heterocycles. The second-order valence-corrected chi connectivity index (χ2v) is 4.32. The Kier molecular flexibility index (Phi) is 6.97. The molecule has 0 aliphatic rings. The van der Waals surface area contributed by atoms with Gasteiger partial charge in [-0.2, -0.15) is 0 Å². The van der Waals surface area contributed by atoms with Crippen LogP contribution in [0.25, 0.3) is 0 Å². The maximum absolute atomic E-state index is 11.8. The summed E-state index contributed by atoms with van der Waals surface area (Å²) < 4.78 is 10.2. The molecule has 0 fully saturated rings. The Morgan fingerprint density at radius 3 is 2.47 bits per heavy atom. The standard InChI is InChI=1S/C15H23NO3/c1-4-6-14(15(17)19-5-2)16-11-12-7-9-13(18-3)10-8-12/h7-10,14,16H,4-6,11H2,1-3H3. The van der Waals surface area contributed by atoms with Gasteiger partial charge < -0.3 is 14.8 Å². The van der Waals surface area contributed by atoms with Crippen LogP contribution < -0.4 is 10.1 Å². The lowest BCUT2D eigenvalue weighted by Gasteiger charge is -2.16. The van der Waals surface area contributed by atoms with E-state index in [2.05, 4.69) is 12.2 Å². The first-order chi connectivity index (χ1) is 9.21. The maximum Gasteiger partial charge on any atom is 0.323 e. The van der Waals surface area contributed by atoms with Crippen LogP contribution >= 0.6 is 0 Å². The van der Waals surface area contributed by atoms with Crippen LogP contribution in [0.3, 0.4) is 0 Å². The molecule has 0 amide bonds. The first-order valence-electron chi connectivity index (χ1n) is 6.74. The Balaban J connectivity index is 2.52. The number of carbonyl (C=O) groups is 1. The molecule has 1 N–H and O–H groups in total. The van der Waals surface area contributed by atoms with Crippen molar-refractivity contribution in [2.45, 2.75) is 39.3 Å². The zero-order chi connectivity index (χ0) is 14.1. The molecule has 1 unspecified atom stereocenters. The van der Waals surface area contributed by atoms with Gasteiger partial charge in [0.2, 0.25) is 0 Å². The quantitative estimate of drug-likeness (QED) is 0.734. The van der Waals surface area contributed by atoms with Crippen molar-refractivity contribution in [3.05, 3.63) is 29.8 Å². The first kappa shape index (κ1) is 15.5. The summed E-state index contributed by atoms with van der Waals surface area (Å²) >= 11 is 0. The summed E-state index contributed by atoms with van der Waals surface area (Å²) in [6, 6.07) is 7.57. The average molecular weight is 265 g/mol. The number of hydrogen-bond acceptors (Lipinski definition) is 4. The number of rotatable bonds is 8. The van der Waals surface area contributed by atoms with Crippen LogP contribution in [-0.4, -0.2) is 25.7 Å². The van der Waals surface area contributed by atoms with Crippen molar-refractivity contribution in [2.24, 2.45) is 0 Å². The van der Waals surface area contributed by atoms with Gasteiger partial charge in [0, 0.05) is 6.54 Å². The van der Waals surface area contributed by atoms with E-state index >= 15 is 0 Å². The van der Waals surface area contributed by atoms with Gasteiger partial charge in [-0.15, -0.1) is 0 Å². The molecular formula is C15H23NO3. The van der Waals surface area contributed by atoms with Crippen molar-refractivity contribution >= 4 is 5.97 Å². The van der Waals surface area contributed by atoms with Crippen LogP contribution in [0, 0.1) is 0 Å². The van der Waals surface area contributed by atoms with Crippen molar-refractivity contribution in [2.75, 3.05) is 13.7 Å². The lowest BCUT2D eigenvalue weighted by molar-refractivity contribution is -0.145. The SMILES string of the molecule is CCCC(NCc1ccc(OC)cc1)C(=O)OCC. The van der Waals surface area contributed by atoms with Crippen LogP contribution in [-0.2, 0) is 16.1 Å². The number of ether oxygens (including phenoxy) is 2. The number of benzene rings is 1. The van der Waals surface area contributed by atoms with Gasteiger partial charge in [0.25, 0.3) is 0 Å². The molecule has 1 atom stereocenters. The number of carbonyl (C=O) groups excluding carboxylic acids is 1. The fraction of sp³-hybridized carbons (Fsp3) is 0.533. The fourth-order valence-corrected chi connectivity index (χ4v) is 1.82. The molecule has 1 aromatic rings. The van der Waals surface area contributed by atoms with E-state index in [0.717, 1.165) is 24.2 Å². The van der Waals surface area contributed by atoms with Gasteiger partial charge in [-0.3, -0.25) is 4.79 Å². The molecule has 19 heavy (non-hydrogen) atoms. The second-order valence-electron chi connectivity index (χ2n) is 4.32. The first-order valence-corrected chi connectivity index (χ1v) is 6.74. The van der Waals surface area contributed by atoms with E-state index in [4.69, 9.17) is 9.47 Å². The van der Waals surface area contributed by atoms with Crippen molar-refractivity contribution in [3.63, 3.8) is 0 Å². The molecule has 0 spiro atoms. The van der Waals surface area contributed by atoms with Crippen molar-refractivity contribution in [3.8, 4) is 5.75 Å². The van der Waals surface area contributed by atoms with E-state index in [9.17, 15) is 4.79 Å². The molecule has 0 aliphatic carbocycles. The Bertz CT molecular complexity index is 375.